The fourth-order valence-electron chi connectivity index (χ4n) is 3.83. The number of sulfonamides is 1. The van der Waals surface area contributed by atoms with Gasteiger partial charge in [0.25, 0.3) is 15.9 Å². The molecule has 0 saturated heterocycles. The molecule has 0 aliphatic carbocycles. The number of carbonyl (C=O) groups is 1. The molecule has 1 aromatic heterocycles. The first kappa shape index (κ1) is 23.7. The Morgan fingerprint density at radius 1 is 0.806 bits per heavy atom. The van der Waals surface area contributed by atoms with Crippen LogP contribution in [0.2, 0.25) is 0 Å². The van der Waals surface area contributed by atoms with Crippen LogP contribution in [0.3, 0.4) is 0 Å². The Balaban J connectivity index is 1.46. The average Bonchev–Trinajstić information content (AvgIpc) is 3.36. The predicted molar refractivity (Wildman–Crippen MR) is 145 cm³/mol. The lowest BCUT2D eigenvalue weighted by Gasteiger charge is -2.21. The molecule has 0 atom stereocenters. The molecule has 0 unspecified atom stereocenters. The molecule has 4 aromatic carbocycles. The van der Waals surface area contributed by atoms with Crippen LogP contribution in [0.25, 0.3) is 10.2 Å². The van der Waals surface area contributed by atoms with E-state index < -0.39 is 10.0 Å². The van der Waals surface area contributed by atoms with Gasteiger partial charge in [0.1, 0.15) is 0 Å². The third-order valence-electron chi connectivity index (χ3n) is 5.82. The van der Waals surface area contributed by atoms with Crippen molar-refractivity contribution in [2.75, 3.05) is 16.3 Å². The summed E-state index contributed by atoms with van der Waals surface area (Å²) in [5, 5.41) is 0.588. The molecule has 5 rings (SSSR count). The van der Waals surface area contributed by atoms with Crippen LogP contribution in [0, 0.1) is 0 Å². The highest BCUT2D eigenvalue weighted by molar-refractivity contribution is 7.92. The minimum atomic E-state index is -3.77. The van der Waals surface area contributed by atoms with Crippen molar-refractivity contribution >= 4 is 48.3 Å². The summed E-state index contributed by atoms with van der Waals surface area (Å²) in [5.74, 6) is -0.252. The number of hydrogen-bond acceptors (Lipinski definition) is 5. The van der Waals surface area contributed by atoms with Gasteiger partial charge in [-0.05, 0) is 54.1 Å². The van der Waals surface area contributed by atoms with Gasteiger partial charge in [-0.1, -0.05) is 72.0 Å². The second-order valence-corrected chi connectivity index (χ2v) is 11.2. The molecule has 0 radical (unpaired) electrons. The number of aromatic nitrogens is 1. The van der Waals surface area contributed by atoms with Crippen LogP contribution in [0.1, 0.15) is 15.9 Å². The fourth-order valence-corrected chi connectivity index (χ4v) is 5.99. The van der Waals surface area contributed by atoms with Crippen molar-refractivity contribution in [3.05, 3.63) is 120 Å². The van der Waals surface area contributed by atoms with E-state index in [1.165, 1.54) is 34.8 Å². The second kappa shape index (κ2) is 9.93. The zero-order valence-electron chi connectivity index (χ0n) is 19.5. The van der Waals surface area contributed by atoms with Crippen LogP contribution in [-0.2, 0) is 16.6 Å². The fraction of sp³-hybridized carbons (Fsp3) is 0.0714. The number of carbonyl (C=O) groups excluding carboxylic acids is 1. The number of fused-ring (bicyclic) bond motifs is 1. The molecule has 1 amide bonds. The summed E-state index contributed by atoms with van der Waals surface area (Å²) in [6.45, 7) is 0.344. The highest BCUT2D eigenvalue weighted by Crippen LogP contribution is 2.31. The standard InChI is InChI=1S/C28H23N3O3S2/c1-30(23-12-6-3-7-13-23)36(33,34)24-18-16-22(17-19-24)27(32)31(20-21-10-4-2-5-11-21)28-29-25-14-8-9-15-26(25)35-28/h2-19H,20H2,1H3. The summed E-state index contributed by atoms with van der Waals surface area (Å²) in [5.41, 5.74) is 2.73. The molecule has 0 aliphatic heterocycles. The first-order chi connectivity index (χ1) is 17.4. The first-order valence-electron chi connectivity index (χ1n) is 11.3. The van der Waals surface area contributed by atoms with Crippen molar-refractivity contribution < 1.29 is 13.2 Å². The molecule has 6 nitrogen and oxygen atoms in total. The van der Waals surface area contributed by atoms with Crippen molar-refractivity contribution in [3.63, 3.8) is 0 Å². The summed E-state index contributed by atoms with van der Waals surface area (Å²) in [4.78, 5) is 20.1. The Bertz CT molecular complexity index is 1570. The van der Waals surface area contributed by atoms with E-state index in [4.69, 9.17) is 4.98 Å². The number of anilines is 2. The largest absolute Gasteiger partial charge is 0.279 e. The zero-order valence-corrected chi connectivity index (χ0v) is 21.1. The van der Waals surface area contributed by atoms with Gasteiger partial charge in [-0.25, -0.2) is 13.4 Å². The number of amides is 1. The van der Waals surface area contributed by atoms with Crippen LogP contribution >= 0.6 is 11.3 Å². The van der Waals surface area contributed by atoms with Crippen LogP contribution in [0.4, 0.5) is 10.8 Å². The molecule has 8 heteroatoms. The molecule has 0 N–H and O–H groups in total. The molecule has 1 heterocycles. The van der Waals surface area contributed by atoms with E-state index in [1.807, 2.05) is 60.7 Å². The summed E-state index contributed by atoms with van der Waals surface area (Å²) in [7, 11) is -2.26. The van der Waals surface area contributed by atoms with Gasteiger partial charge >= 0.3 is 0 Å². The molecule has 180 valence electrons. The number of thiazole rings is 1. The lowest BCUT2D eigenvalue weighted by Crippen LogP contribution is -2.30. The van der Waals surface area contributed by atoms with E-state index in [-0.39, 0.29) is 10.8 Å². The van der Waals surface area contributed by atoms with Gasteiger partial charge in [-0.2, -0.15) is 0 Å². The Morgan fingerprint density at radius 2 is 1.42 bits per heavy atom. The minimum Gasteiger partial charge on any atom is -0.279 e. The molecule has 0 aliphatic rings. The molecule has 36 heavy (non-hydrogen) atoms. The Morgan fingerprint density at radius 3 is 2.08 bits per heavy atom. The average molecular weight is 514 g/mol. The number of para-hydroxylation sites is 2. The van der Waals surface area contributed by atoms with Crippen LogP contribution in [-0.4, -0.2) is 26.4 Å². The molecule has 0 fully saturated rings. The van der Waals surface area contributed by atoms with E-state index in [0.717, 1.165) is 15.8 Å². The molecular formula is C28H23N3O3S2. The number of rotatable bonds is 7. The van der Waals surface area contributed by atoms with Gasteiger partial charge in [0, 0.05) is 12.6 Å². The minimum absolute atomic E-state index is 0.111. The number of benzene rings is 4. The van der Waals surface area contributed by atoms with E-state index in [1.54, 1.807) is 41.3 Å². The maximum absolute atomic E-state index is 13.7. The topological polar surface area (TPSA) is 70.6 Å². The molecule has 0 saturated carbocycles. The summed E-state index contributed by atoms with van der Waals surface area (Å²) in [6, 6.07) is 32.4. The van der Waals surface area contributed by atoms with E-state index >= 15 is 0 Å². The predicted octanol–water partition coefficient (Wildman–Crippen LogP) is 5.97. The quantitative estimate of drug-likeness (QED) is 0.269. The van der Waals surface area contributed by atoms with Crippen molar-refractivity contribution in [2.45, 2.75) is 11.4 Å². The van der Waals surface area contributed by atoms with Crippen LogP contribution < -0.4 is 9.21 Å². The van der Waals surface area contributed by atoms with E-state index in [2.05, 4.69) is 0 Å². The Hall–Kier alpha value is -4.01. The maximum atomic E-state index is 13.7. The SMILES string of the molecule is CN(c1ccccc1)S(=O)(=O)c1ccc(C(=O)N(Cc2ccccc2)c2nc3ccccc3s2)cc1. The third-order valence-corrected chi connectivity index (χ3v) is 8.68. The van der Waals surface area contributed by atoms with E-state index in [9.17, 15) is 13.2 Å². The lowest BCUT2D eigenvalue weighted by atomic mass is 10.1. The van der Waals surface area contributed by atoms with Crippen molar-refractivity contribution in [2.24, 2.45) is 0 Å². The summed E-state index contributed by atoms with van der Waals surface area (Å²) < 4.78 is 28.5. The molecular weight excluding hydrogens is 490 g/mol. The van der Waals surface area contributed by atoms with Crippen molar-refractivity contribution in [1.29, 1.82) is 0 Å². The van der Waals surface area contributed by atoms with Gasteiger partial charge in [-0.3, -0.25) is 14.0 Å². The second-order valence-electron chi connectivity index (χ2n) is 8.17. The Labute approximate surface area is 214 Å². The monoisotopic (exact) mass is 513 g/mol. The van der Waals surface area contributed by atoms with Gasteiger partial charge in [0.15, 0.2) is 5.13 Å². The maximum Gasteiger partial charge on any atom is 0.264 e. The zero-order chi connectivity index (χ0) is 25.1. The smallest absolute Gasteiger partial charge is 0.264 e. The molecule has 5 aromatic rings. The van der Waals surface area contributed by atoms with Crippen molar-refractivity contribution in [1.82, 2.24) is 4.98 Å². The van der Waals surface area contributed by atoms with Crippen LogP contribution in [0.5, 0.6) is 0 Å². The van der Waals surface area contributed by atoms with Gasteiger partial charge < -0.3 is 0 Å². The normalized spacial score (nSPS) is 11.4. The highest BCUT2D eigenvalue weighted by atomic mass is 32.2. The Kier molecular flexibility index (Phi) is 6.54. The van der Waals surface area contributed by atoms with Crippen LogP contribution in [0.15, 0.2) is 114 Å². The van der Waals surface area contributed by atoms with Gasteiger partial charge in [0.05, 0.1) is 27.3 Å². The number of nitrogens with zero attached hydrogens (tertiary/aromatic N) is 3. The molecule has 0 spiro atoms. The van der Waals surface area contributed by atoms with Crippen molar-refractivity contribution in [3.8, 4) is 0 Å². The highest BCUT2D eigenvalue weighted by Gasteiger charge is 2.24. The number of hydrogen-bond donors (Lipinski definition) is 0. The summed E-state index contributed by atoms with van der Waals surface area (Å²) >= 11 is 1.45. The molecule has 0 bridgehead atoms. The van der Waals surface area contributed by atoms with E-state index in [0.29, 0.717) is 22.9 Å². The summed E-state index contributed by atoms with van der Waals surface area (Å²) in [6.07, 6.45) is 0. The van der Waals surface area contributed by atoms with Gasteiger partial charge in [0.2, 0.25) is 0 Å². The van der Waals surface area contributed by atoms with Gasteiger partial charge in [-0.15, -0.1) is 0 Å². The first-order valence-corrected chi connectivity index (χ1v) is 13.5. The lowest BCUT2D eigenvalue weighted by molar-refractivity contribution is 0.0985. The third kappa shape index (κ3) is 4.73.